The molecule has 10 heteroatoms. The number of aliphatic hydroxyl groups excluding tert-OH is 1. The van der Waals surface area contributed by atoms with Crippen LogP contribution in [0.1, 0.15) is 18.9 Å². The Kier molecular flexibility index (Phi) is 8.87. The van der Waals surface area contributed by atoms with Gasteiger partial charge in [-0.05, 0) is 23.6 Å². The zero-order valence-electron chi connectivity index (χ0n) is 17.3. The highest BCUT2D eigenvalue weighted by molar-refractivity contribution is 5.94. The Labute approximate surface area is 184 Å². The summed E-state index contributed by atoms with van der Waals surface area (Å²) in [4.78, 5) is 47.6. The smallest absolute Gasteiger partial charge is 0.305 e. The van der Waals surface area contributed by atoms with Gasteiger partial charge < -0.3 is 20.8 Å². The molecule has 0 aliphatic rings. The van der Waals surface area contributed by atoms with E-state index in [9.17, 15) is 24.3 Å². The molecule has 2 aromatic carbocycles. The third kappa shape index (κ3) is 7.18. The van der Waals surface area contributed by atoms with Gasteiger partial charge in [0.05, 0.1) is 18.9 Å². The summed E-state index contributed by atoms with van der Waals surface area (Å²) in [5.74, 6) is -4.03. The van der Waals surface area contributed by atoms with E-state index in [1.54, 1.807) is 12.1 Å². The van der Waals surface area contributed by atoms with Gasteiger partial charge in [-0.25, -0.2) is 5.48 Å². The Morgan fingerprint density at radius 2 is 1.47 bits per heavy atom. The molecular weight excluding hydrogens is 418 g/mol. The van der Waals surface area contributed by atoms with Gasteiger partial charge in [-0.15, -0.1) is 0 Å². The minimum atomic E-state index is -1.54. The van der Waals surface area contributed by atoms with E-state index in [0.29, 0.717) is 5.56 Å². The van der Waals surface area contributed by atoms with Crippen LogP contribution < -0.4 is 16.1 Å². The minimum Gasteiger partial charge on any atom is -0.481 e. The lowest BCUT2D eigenvalue weighted by molar-refractivity contribution is -0.142. The summed E-state index contributed by atoms with van der Waals surface area (Å²) >= 11 is 0. The number of rotatable bonds is 10. The van der Waals surface area contributed by atoms with Gasteiger partial charge in [-0.2, -0.15) is 0 Å². The molecule has 3 amide bonds. The van der Waals surface area contributed by atoms with Gasteiger partial charge in [0, 0.05) is 0 Å². The largest absolute Gasteiger partial charge is 0.481 e. The van der Waals surface area contributed by atoms with Crippen LogP contribution in [0.25, 0.3) is 11.1 Å². The van der Waals surface area contributed by atoms with Crippen LogP contribution in [-0.4, -0.2) is 57.3 Å². The van der Waals surface area contributed by atoms with E-state index in [1.165, 1.54) is 12.4 Å². The van der Waals surface area contributed by atoms with Crippen molar-refractivity contribution in [3.05, 3.63) is 60.2 Å². The number of aliphatic hydroxyl groups is 1. The second kappa shape index (κ2) is 11.6. The first-order valence-corrected chi connectivity index (χ1v) is 9.79. The van der Waals surface area contributed by atoms with E-state index in [-0.39, 0.29) is 6.42 Å². The van der Waals surface area contributed by atoms with Crippen LogP contribution in [0.3, 0.4) is 0 Å². The first-order valence-electron chi connectivity index (χ1n) is 9.79. The Balaban J connectivity index is 2.05. The number of carboxylic acid groups (broad SMARTS) is 1. The highest BCUT2D eigenvalue weighted by atomic mass is 16.5. The third-order valence-corrected chi connectivity index (χ3v) is 4.63. The molecule has 0 saturated heterocycles. The lowest BCUT2D eigenvalue weighted by Crippen LogP contribution is -2.57. The second-order valence-corrected chi connectivity index (χ2v) is 7.16. The highest BCUT2D eigenvalue weighted by Gasteiger charge is 2.30. The van der Waals surface area contributed by atoms with Crippen LogP contribution in [0.2, 0.25) is 0 Å². The van der Waals surface area contributed by atoms with E-state index in [2.05, 4.69) is 10.6 Å². The maximum absolute atomic E-state index is 12.4. The molecule has 0 aromatic heterocycles. The number of carboxylic acids is 1. The standard InChI is InChI=1S/C22H25N3O7/c1-13(26)20(22(31)25-32)24-21(30)17(12-19(28)29)23-18(27)11-14-7-9-16(10-8-14)15-5-3-2-4-6-15/h2-10,13,17,20,26,32H,11-12H2,1H3,(H,23,27)(H,24,30)(H,25,31)(H,28,29)/t13-,17+,20+/m1/s1. The van der Waals surface area contributed by atoms with Gasteiger partial charge >= 0.3 is 5.97 Å². The highest BCUT2D eigenvalue weighted by Crippen LogP contribution is 2.19. The van der Waals surface area contributed by atoms with Crippen LogP contribution in [0, 0.1) is 0 Å². The zero-order chi connectivity index (χ0) is 23.7. The zero-order valence-corrected chi connectivity index (χ0v) is 17.3. The number of aliphatic carboxylic acids is 1. The summed E-state index contributed by atoms with van der Waals surface area (Å²) in [5, 5.41) is 31.9. The van der Waals surface area contributed by atoms with Crippen molar-refractivity contribution < 1.29 is 34.6 Å². The molecule has 170 valence electrons. The fourth-order valence-electron chi connectivity index (χ4n) is 2.99. The number of carbonyl (C=O) groups excluding carboxylic acids is 3. The molecule has 0 bridgehead atoms. The van der Waals surface area contributed by atoms with Crippen molar-refractivity contribution in [2.24, 2.45) is 0 Å². The molecule has 0 aliphatic carbocycles. The Morgan fingerprint density at radius 1 is 0.875 bits per heavy atom. The average Bonchev–Trinajstić information content (AvgIpc) is 2.76. The molecule has 3 atom stereocenters. The number of benzene rings is 2. The van der Waals surface area contributed by atoms with E-state index in [0.717, 1.165) is 11.1 Å². The van der Waals surface area contributed by atoms with Crippen molar-refractivity contribution >= 4 is 23.7 Å². The molecule has 10 nitrogen and oxygen atoms in total. The van der Waals surface area contributed by atoms with Gasteiger partial charge in [-0.1, -0.05) is 54.6 Å². The molecule has 2 aromatic rings. The Hall–Kier alpha value is -3.76. The molecule has 2 rings (SSSR count). The molecule has 0 spiro atoms. The SMILES string of the molecule is C[C@@H](O)[C@H](NC(=O)[C@H](CC(=O)O)NC(=O)Cc1ccc(-c2ccccc2)cc1)C(=O)NO. The molecule has 0 radical (unpaired) electrons. The van der Waals surface area contributed by atoms with Crippen molar-refractivity contribution in [2.45, 2.75) is 38.0 Å². The Bertz CT molecular complexity index is 946. The Morgan fingerprint density at radius 3 is 2.00 bits per heavy atom. The molecule has 0 aliphatic heterocycles. The molecule has 0 fully saturated rings. The van der Waals surface area contributed by atoms with E-state index >= 15 is 0 Å². The summed E-state index contributed by atoms with van der Waals surface area (Å²) in [6.45, 7) is 1.20. The van der Waals surface area contributed by atoms with Crippen molar-refractivity contribution in [3.8, 4) is 11.1 Å². The third-order valence-electron chi connectivity index (χ3n) is 4.63. The van der Waals surface area contributed by atoms with Crippen LogP contribution in [0.5, 0.6) is 0 Å². The number of amides is 3. The average molecular weight is 443 g/mol. The molecular formula is C22H25N3O7. The first-order chi connectivity index (χ1) is 15.2. The van der Waals surface area contributed by atoms with Gasteiger partial charge in [0.2, 0.25) is 11.8 Å². The van der Waals surface area contributed by atoms with E-state index in [4.69, 9.17) is 10.3 Å². The van der Waals surface area contributed by atoms with Crippen LogP contribution in [0.4, 0.5) is 0 Å². The number of nitrogens with one attached hydrogen (secondary N) is 3. The fourth-order valence-corrected chi connectivity index (χ4v) is 2.99. The van der Waals surface area contributed by atoms with E-state index < -0.39 is 48.3 Å². The summed E-state index contributed by atoms with van der Waals surface area (Å²) < 4.78 is 0. The van der Waals surface area contributed by atoms with Crippen molar-refractivity contribution in [1.29, 1.82) is 0 Å². The first kappa shape index (κ1) is 24.5. The summed E-state index contributed by atoms with van der Waals surface area (Å²) in [6, 6.07) is 13.8. The lowest BCUT2D eigenvalue weighted by atomic mass is 10.0. The van der Waals surface area contributed by atoms with Crippen molar-refractivity contribution in [2.75, 3.05) is 0 Å². The maximum atomic E-state index is 12.4. The van der Waals surface area contributed by atoms with Crippen molar-refractivity contribution in [3.63, 3.8) is 0 Å². The van der Waals surface area contributed by atoms with Crippen LogP contribution >= 0.6 is 0 Å². The summed E-state index contributed by atoms with van der Waals surface area (Å²) in [6.07, 6.45) is -2.22. The summed E-state index contributed by atoms with van der Waals surface area (Å²) in [7, 11) is 0. The van der Waals surface area contributed by atoms with Gasteiger partial charge in [-0.3, -0.25) is 24.4 Å². The predicted octanol–water partition coefficient (Wildman–Crippen LogP) is 0.227. The normalized spacial score (nSPS) is 13.3. The predicted molar refractivity (Wildman–Crippen MR) is 113 cm³/mol. The monoisotopic (exact) mass is 443 g/mol. The maximum Gasteiger partial charge on any atom is 0.305 e. The number of hydrogen-bond acceptors (Lipinski definition) is 6. The molecule has 0 heterocycles. The van der Waals surface area contributed by atoms with E-state index in [1.807, 2.05) is 42.5 Å². The fraction of sp³-hybridized carbons (Fsp3) is 0.273. The quantitative estimate of drug-likeness (QED) is 0.226. The van der Waals surface area contributed by atoms with Crippen molar-refractivity contribution in [1.82, 2.24) is 16.1 Å². The number of carbonyl (C=O) groups is 4. The van der Waals surface area contributed by atoms with Crippen LogP contribution in [0.15, 0.2) is 54.6 Å². The number of hydroxylamine groups is 1. The molecule has 0 saturated carbocycles. The van der Waals surface area contributed by atoms with Gasteiger partial charge in [0.25, 0.3) is 5.91 Å². The van der Waals surface area contributed by atoms with Gasteiger partial charge in [0.15, 0.2) is 0 Å². The minimum absolute atomic E-state index is 0.102. The molecule has 32 heavy (non-hydrogen) atoms. The summed E-state index contributed by atoms with van der Waals surface area (Å²) in [5.41, 5.74) is 3.93. The second-order valence-electron chi connectivity index (χ2n) is 7.16. The molecule has 6 N–H and O–H groups in total. The number of hydrogen-bond donors (Lipinski definition) is 6. The lowest BCUT2D eigenvalue weighted by Gasteiger charge is -2.23. The topological polar surface area (TPSA) is 165 Å². The van der Waals surface area contributed by atoms with Gasteiger partial charge in [0.1, 0.15) is 12.1 Å². The van der Waals surface area contributed by atoms with Crippen LogP contribution in [-0.2, 0) is 25.6 Å². The molecule has 0 unspecified atom stereocenters.